The quantitative estimate of drug-likeness (QED) is 0.786. The Morgan fingerprint density at radius 1 is 1.14 bits per heavy atom. The lowest BCUT2D eigenvalue weighted by Crippen LogP contribution is -2.29. The third kappa shape index (κ3) is 2.29. The molecular formula is C18H18BrNO. The molecule has 2 aromatic carbocycles. The first-order chi connectivity index (χ1) is 10.2. The van der Waals surface area contributed by atoms with Crippen molar-refractivity contribution in [3.63, 3.8) is 0 Å². The summed E-state index contributed by atoms with van der Waals surface area (Å²) in [5.74, 6) is 0.514. The van der Waals surface area contributed by atoms with Crippen molar-refractivity contribution < 1.29 is 4.74 Å². The summed E-state index contributed by atoms with van der Waals surface area (Å²) >= 11 is 3.51. The van der Waals surface area contributed by atoms with Crippen molar-refractivity contribution in [3.05, 3.63) is 63.6 Å². The first-order valence-electron chi connectivity index (χ1n) is 7.46. The van der Waals surface area contributed by atoms with Gasteiger partial charge in [-0.05, 0) is 37.1 Å². The van der Waals surface area contributed by atoms with Gasteiger partial charge < -0.3 is 10.1 Å². The maximum Gasteiger partial charge on any atom is 0.0896 e. The van der Waals surface area contributed by atoms with E-state index < -0.39 is 0 Å². The van der Waals surface area contributed by atoms with Gasteiger partial charge in [0.15, 0.2) is 0 Å². The fourth-order valence-corrected chi connectivity index (χ4v) is 3.86. The van der Waals surface area contributed by atoms with Gasteiger partial charge in [-0.2, -0.15) is 0 Å². The molecule has 108 valence electrons. The van der Waals surface area contributed by atoms with Gasteiger partial charge in [0.05, 0.1) is 12.1 Å². The number of rotatable bonds is 1. The number of benzene rings is 2. The summed E-state index contributed by atoms with van der Waals surface area (Å²) < 4.78 is 7.19. The molecule has 0 saturated carbocycles. The van der Waals surface area contributed by atoms with Crippen LogP contribution in [0.25, 0.3) is 0 Å². The molecule has 2 heterocycles. The monoisotopic (exact) mass is 343 g/mol. The summed E-state index contributed by atoms with van der Waals surface area (Å²) in [6.45, 7) is 3.00. The van der Waals surface area contributed by atoms with Gasteiger partial charge in [-0.3, -0.25) is 0 Å². The van der Waals surface area contributed by atoms with E-state index in [1.807, 2.05) is 0 Å². The van der Waals surface area contributed by atoms with Gasteiger partial charge in [0.25, 0.3) is 0 Å². The van der Waals surface area contributed by atoms with Gasteiger partial charge in [-0.1, -0.05) is 45.8 Å². The van der Waals surface area contributed by atoms with Crippen LogP contribution in [0.1, 0.15) is 35.3 Å². The molecule has 0 aliphatic carbocycles. The Labute approximate surface area is 133 Å². The van der Waals surface area contributed by atoms with Crippen LogP contribution in [0.5, 0.6) is 0 Å². The first-order valence-corrected chi connectivity index (χ1v) is 8.26. The molecule has 3 atom stereocenters. The second-order valence-electron chi connectivity index (χ2n) is 6.01. The van der Waals surface area contributed by atoms with Crippen LogP contribution in [-0.2, 0) is 4.74 Å². The summed E-state index contributed by atoms with van der Waals surface area (Å²) in [7, 11) is 0. The van der Waals surface area contributed by atoms with Crippen LogP contribution in [0.3, 0.4) is 0 Å². The van der Waals surface area contributed by atoms with E-state index in [2.05, 4.69) is 70.6 Å². The third-order valence-electron chi connectivity index (χ3n) is 4.62. The predicted octanol–water partition coefficient (Wildman–Crippen LogP) is 5.00. The smallest absolute Gasteiger partial charge is 0.0896 e. The minimum absolute atomic E-state index is 0.231. The molecule has 0 bridgehead atoms. The number of hydrogen-bond acceptors (Lipinski definition) is 2. The Balaban J connectivity index is 1.77. The number of ether oxygens (including phenoxy) is 1. The molecule has 1 saturated heterocycles. The number of anilines is 1. The largest absolute Gasteiger partial charge is 0.378 e. The molecule has 1 N–H and O–H groups in total. The lowest BCUT2D eigenvalue weighted by Gasteiger charge is -2.36. The summed E-state index contributed by atoms with van der Waals surface area (Å²) in [4.78, 5) is 0. The van der Waals surface area contributed by atoms with Gasteiger partial charge in [-0.15, -0.1) is 0 Å². The highest BCUT2D eigenvalue weighted by Crippen LogP contribution is 2.49. The second-order valence-corrected chi connectivity index (χ2v) is 6.92. The predicted molar refractivity (Wildman–Crippen MR) is 88.5 cm³/mol. The normalized spacial score (nSPS) is 26.9. The molecule has 21 heavy (non-hydrogen) atoms. The highest BCUT2D eigenvalue weighted by Gasteiger charge is 2.41. The molecule has 2 nitrogen and oxygen atoms in total. The topological polar surface area (TPSA) is 21.3 Å². The van der Waals surface area contributed by atoms with Crippen LogP contribution in [-0.4, -0.2) is 6.61 Å². The van der Waals surface area contributed by atoms with E-state index in [4.69, 9.17) is 4.74 Å². The molecular weight excluding hydrogens is 326 g/mol. The minimum atomic E-state index is 0.231. The molecule has 0 spiro atoms. The van der Waals surface area contributed by atoms with E-state index in [1.165, 1.54) is 22.4 Å². The number of hydrogen-bond donors (Lipinski definition) is 1. The standard InChI is InChI=1S/C18H18BrNO/c1-11-2-7-16-15(10-11)18-14(8-9-21-18)17(20-16)12-3-5-13(19)6-4-12/h2-7,10,14,17-18,20H,8-9H2,1H3/t14-,17-,18+/m0/s1. The molecule has 3 heteroatoms. The third-order valence-corrected chi connectivity index (χ3v) is 5.15. The fourth-order valence-electron chi connectivity index (χ4n) is 3.59. The van der Waals surface area contributed by atoms with Crippen molar-refractivity contribution in [2.75, 3.05) is 11.9 Å². The van der Waals surface area contributed by atoms with Crippen molar-refractivity contribution in [2.24, 2.45) is 5.92 Å². The molecule has 4 rings (SSSR count). The lowest BCUT2D eigenvalue weighted by molar-refractivity contribution is 0.0829. The van der Waals surface area contributed by atoms with E-state index in [-0.39, 0.29) is 6.10 Å². The number of halogens is 1. The molecule has 0 amide bonds. The van der Waals surface area contributed by atoms with Crippen molar-refractivity contribution in [2.45, 2.75) is 25.5 Å². The molecule has 0 unspecified atom stereocenters. The Hall–Kier alpha value is -1.32. The Morgan fingerprint density at radius 3 is 2.76 bits per heavy atom. The summed E-state index contributed by atoms with van der Waals surface area (Å²) in [6, 6.07) is 15.6. The van der Waals surface area contributed by atoms with E-state index >= 15 is 0 Å². The van der Waals surface area contributed by atoms with Crippen molar-refractivity contribution in [3.8, 4) is 0 Å². The maximum absolute atomic E-state index is 6.06. The molecule has 0 radical (unpaired) electrons. The zero-order valence-electron chi connectivity index (χ0n) is 12.0. The average Bonchev–Trinajstić information content (AvgIpc) is 2.97. The van der Waals surface area contributed by atoms with Gasteiger partial charge in [0, 0.05) is 28.2 Å². The zero-order chi connectivity index (χ0) is 14.4. The summed E-state index contributed by atoms with van der Waals surface area (Å²) in [5.41, 5.74) is 5.18. The van der Waals surface area contributed by atoms with Gasteiger partial charge in [0.2, 0.25) is 0 Å². The summed E-state index contributed by atoms with van der Waals surface area (Å²) in [5, 5.41) is 3.74. The summed E-state index contributed by atoms with van der Waals surface area (Å²) in [6.07, 6.45) is 1.35. The van der Waals surface area contributed by atoms with Crippen molar-refractivity contribution in [1.29, 1.82) is 0 Å². The van der Waals surface area contributed by atoms with Gasteiger partial charge in [-0.25, -0.2) is 0 Å². The Bertz CT molecular complexity index is 667. The van der Waals surface area contributed by atoms with Crippen molar-refractivity contribution >= 4 is 21.6 Å². The Kier molecular flexibility index (Phi) is 3.27. The first kappa shape index (κ1) is 13.4. The highest BCUT2D eigenvalue weighted by atomic mass is 79.9. The van der Waals surface area contributed by atoms with Crippen LogP contribution in [0, 0.1) is 12.8 Å². The lowest BCUT2D eigenvalue weighted by atomic mass is 9.81. The molecule has 2 aliphatic heterocycles. The van der Waals surface area contributed by atoms with Crippen molar-refractivity contribution in [1.82, 2.24) is 0 Å². The molecule has 2 aliphatic rings. The van der Waals surface area contributed by atoms with E-state index in [0.29, 0.717) is 12.0 Å². The van der Waals surface area contributed by atoms with Crippen LogP contribution in [0.2, 0.25) is 0 Å². The second kappa shape index (κ2) is 5.15. The maximum atomic E-state index is 6.06. The van der Waals surface area contributed by atoms with Crippen LogP contribution < -0.4 is 5.32 Å². The fraction of sp³-hybridized carbons (Fsp3) is 0.333. The van der Waals surface area contributed by atoms with Gasteiger partial charge >= 0.3 is 0 Å². The number of aryl methyl sites for hydroxylation is 1. The zero-order valence-corrected chi connectivity index (χ0v) is 13.6. The van der Waals surface area contributed by atoms with Crippen LogP contribution in [0.4, 0.5) is 5.69 Å². The molecule has 1 fully saturated rings. The SMILES string of the molecule is Cc1ccc2c(c1)[C@@H]1OCC[C@H]1[C@H](c1ccc(Br)cc1)N2. The van der Waals surface area contributed by atoms with E-state index in [0.717, 1.165) is 17.5 Å². The van der Waals surface area contributed by atoms with E-state index in [9.17, 15) is 0 Å². The van der Waals surface area contributed by atoms with Gasteiger partial charge in [0.1, 0.15) is 0 Å². The molecule has 0 aromatic heterocycles. The minimum Gasteiger partial charge on any atom is -0.378 e. The number of nitrogens with one attached hydrogen (secondary N) is 1. The highest BCUT2D eigenvalue weighted by molar-refractivity contribution is 9.10. The average molecular weight is 344 g/mol. The van der Waals surface area contributed by atoms with E-state index in [1.54, 1.807) is 0 Å². The Morgan fingerprint density at radius 2 is 1.95 bits per heavy atom. The molecule has 2 aromatic rings. The van der Waals surface area contributed by atoms with Crippen LogP contribution >= 0.6 is 15.9 Å². The number of fused-ring (bicyclic) bond motifs is 3. The van der Waals surface area contributed by atoms with Crippen LogP contribution in [0.15, 0.2) is 46.9 Å².